The van der Waals surface area contributed by atoms with E-state index in [0.717, 1.165) is 22.3 Å². The first-order chi connectivity index (χ1) is 17.9. The van der Waals surface area contributed by atoms with Crippen molar-refractivity contribution in [1.82, 2.24) is 0 Å². The molecular formula is C32H32N2O4. The third-order valence-electron chi connectivity index (χ3n) is 7.71. The van der Waals surface area contributed by atoms with Gasteiger partial charge in [-0.2, -0.15) is 0 Å². The standard InChI is InChI=1S/C32H32N2O4/c1-21-17-25(31(3,4)23-13-9-7-10-14-23)19-27(33(35)36)29(21)30-22(2)18-26(20-28(30)34(37)38)32(5,6)24-15-11-8-12-16-24/h7-20H,1-6H3. The monoisotopic (exact) mass is 508 g/mol. The summed E-state index contributed by atoms with van der Waals surface area (Å²) in [6.45, 7) is 11.7. The van der Waals surface area contributed by atoms with Crippen molar-refractivity contribution < 1.29 is 9.85 Å². The summed E-state index contributed by atoms with van der Waals surface area (Å²) in [6, 6.07) is 26.6. The quantitative estimate of drug-likeness (QED) is 0.185. The maximum absolute atomic E-state index is 12.4. The SMILES string of the molecule is Cc1cc(C(C)(C)c2ccccc2)cc([N+](=O)[O-])c1-c1c(C)cc(C(C)(C)c2ccccc2)cc1[N+](=O)[O-]. The summed E-state index contributed by atoms with van der Waals surface area (Å²) in [7, 11) is 0. The molecule has 4 aromatic carbocycles. The third-order valence-corrected chi connectivity index (χ3v) is 7.71. The van der Waals surface area contributed by atoms with Gasteiger partial charge in [0.1, 0.15) is 0 Å². The third kappa shape index (κ3) is 4.70. The molecule has 6 nitrogen and oxygen atoms in total. The number of hydrogen-bond donors (Lipinski definition) is 0. The Morgan fingerprint density at radius 1 is 0.526 bits per heavy atom. The normalized spacial score (nSPS) is 11.8. The predicted octanol–water partition coefficient (Wildman–Crippen LogP) is 8.44. The molecule has 4 aromatic rings. The highest BCUT2D eigenvalue weighted by molar-refractivity contribution is 5.86. The lowest BCUT2D eigenvalue weighted by atomic mass is 9.75. The molecule has 4 rings (SSSR count). The molecule has 0 aromatic heterocycles. The zero-order valence-electron chi connectivity index (χ0n) is 22.6. The second-order valence-electron chi connectivity index (χ2n) is 10.9. The van der Waals surface area contributed by atoms with Crippen LogP contribution in [0.2, 0.25) is 0 Å². The zero-order valence-corrected chi connectivity index (χ0v) is 22.6. The average Bonchev–Trinajstić information content (AvgIpc) is 2.89. The van der Waals surface area contributed by atoms with Gasteiger partial charge in [0.15, 0.2) is 0 Å². The van der Waals surface area contributed by atoms with Crippen LogP contribution in [0.3, 0.4) is 0 Å². The van der Waals surface area contributed by atoms with Crippen LogP contribution in [0.1, 0.15) is 61.1 Å². The Morgan fingerprint density at radius 2 is 0.842 bits per heavy atom. The van der Waals surface area contributed by atoms with Crippen molar-refractivity contribution in [3.63, 3.8) is 0 Å². The molecule has 6 heteroatoms. The highest BCUT2D eigenvalue weighted by Crippen LogP contribution is 2.46. The Hall–Kier alpha value is -4.32. The lowest BCUT2D eigenvalue weighted by molar-refractivity contribution is -0.386. The van der Waals surface area contributed by atoms with Gasteiger partial charge in [-0.3, -0.25) is 20.2 Å². The van der Waals surface area contributed by atoms with Gasteiger partial charge >= 0.3 is 0 Å². The maximum atomic E-state index is 12.4. The number of nitrogens with zero attached hydrogens (tertiary/aromatic N) is 2. The van der Waals surface area contributed by atoms with Crippen LogP contribution >= 0.6 is 0 Å². The van der Waals surface area contributed by atoms with Crippen LogP contribution in [0.15, 0.2) is 84.9 Å². The first-order valence-electron chi connectivity index (χ1n) is 12.6. The van der Waals surface area contributed by atoms with E-state index in [2.05, 4.69) is 0 Å². The van der Waals surface area contributed by atoms with Gasteiger partial charge in [-0.1, -0.05) is 100 Å². The molecule has 0 aliphatic rings. The van der Waals surface area contributed by atoms with E-state index in [4.69, 9.17) is 0 Å². The van der Waals surface area contributed by atoms with E-state index in [-0.39, 0.29) is 22.5 Å². The van der Waals surface area contributed by atoms with Crippen molar-refractivity contribution in [3.8, 4) is 11.1 Å². The Balaban J connectivity index is 1.96. The number of nitro groups is 2. The molecule has 0 atom stereocenters. The van der Waals surface area contributed by atoms with Gasteiger partial charge in [0.05, 0.1) is 21.0 Å². The van der Waals surface area contributed by atoms with Crippen molar-refractivity contribution in [2.45, 2.75) is 52.4 Å². The van der Waals surface area contributed by atoms with Gasteiger partial charge < -0.3 is 0 Å². The molecule has 194 valence electrons. The van der Waals surface area contributed by atoms with Gasteiger partial charge in [-0.05, 0) is 47.2 Å². The smallest absolute Gasteiger partial charge is 0.258 e. The van der Waals surface area contributed by atoms with Gasteiger partial charge in [-0.15, -0.1) is 0 Å². The Labute approximate surface area is 223 Å². The minimum absolute atomic E-state index is 0.134. The first-order valence-corrected chi connectivity index (χ1v) is 12.6. The number of aryl methyl sites for hydroxylation is 2. The number of nitro benzene ring substituents is 2. The van der Waals surface area contributed by atoms with Crippen LogP contribution < -0.4 is 0 Å². The topological polar surface area (TPSA) is 86.3 Å². The van der Waals surface area contributed by atoms with E-state index in [1.165, 1.54) is 0 Å². The molecular weight excluding hydrogens is 476 g/mol. The summed E-state index contributed by atoms with van der Waals surface area (Å²) in [5.41, 5.74) is 4.16. The van der Waals surface area contributed by atoms with Crippen LogP contribution in [0.25, 0.3) is 11.1 Å². The molecule has 0 spiro atoms. The fourth-order valence-electron chi connectivity index (χ4n) is 5.24. The van der Waals surface area contributed by atoms with E-state index in [9.17, 15) is 20.2 Å². The van der Waals surface area contributed by atoms with Gasteiger partial charge in [-0.25, -0.2) is 0 Å². The summed E-state index contributed by atoms with van der Waals surface area (Å²) < 4.78 is 0. The fourth-order valence-corrected chi connectivity index (χ4v) is 5.24. The van der Waals surface area contributed by atoms with Crippen LogP contribution in [0, 0.1) is 34.1 Å². The maximum Gasteiger partial charge on any atom is 0.278 e. The summed E-state index contributed by atoms with van der Waals surface area (Å²) in [5, 5.41) is 24.8. The Bertz CT molecular complexity index is 1410. The summed E-state index contributed by atoms with van der Waals surface area (Å²) in [6.07, 6.45) is 0. The molecule has 0 aliphatic carbocycles. The van der Waals surface area contributed by atoms with Gasteiger partial charge in [0.25, 0.3) is 11.4 Å². The number of benzene rings is 4. The van der Waals surface area contributed by atoms with E-state index in [1.54, 1.807) is 26.0 Å². The van der Waals surface area contributed by atoms with Crippen molar-refractivity contribution >= 4 is 11.4 Å². The lowest BCUT2D eigenvalue weighted by Crippen LogP contribution is -2.20. The van der Waals surface area contributed by atoms with Gasteiger partial charge in [0, 0.05) is 23.0 Å². The van der Waals surface area contributed by atoms with Crippen LogP contribution in [-0.2, 0) is 10.8 Å². The largest absolute Gasteiger partial charge is 0.278 e. The molecule has 0 fully saturated rings. The minimum atomic E-state index is -0.500. The van der Waals surface area contributed by atoms with Crippen molar-refractivity contribution in [3.05, 3.63) is 139 Å². The predicted molar refractivity (Wildman–Crippen MR) is 152 cm³/mol. The Kier molecular flexibility index (Phi) is 6.94. The summed E-state index contributed by atoms with van der Waals surface area (Å²) >= 11 is 0. The average molecular weight is 509 g/mol. The lowest BCUT2D eigenvalue weighted by Gasteiger charge is -2.28. The summed E-state index contributed by atoms with van der Waals surface area (Å²) in [5.74, 6) is 0. The molecule has 0 saturated carbocycles. The molecule has 0 aliphatic heterocycles. The molecule has 0 unspecified atom stereocenters. The molecule has 0 N–H and O–H groups in total. The van der Waals surface area contributed by atoms with Crippen molar-refractivity contribution in [1.29, 1.82) is 0 Å². The van der Waals surface area contributed by atoms with E-state index in [0.29, 0.717) is 11.1 Å². The van der Waals surface area contributed by atoms with Crippen LogP contribution in [0.5, 0.6) is 0 Å². The molecule has 0 radical (unpaired) electrons. The van der Waals surface area contributed by atoms with Crippen molar-refractivity contribution in [2.75, 3.05) is 0 Å². The van der Waals surface area contributed by atoms with Crippen LogP contribution in [0.4, 0.5) is 11.4 Å². The second kappa shape index (κ2) is 9.86. The molecule has 38 heavy (non-hydrogen) atoms. The van der Waals surface area contributed by atoms with Gasteiger partial charge in [0.2, 0.25) is 0 Å². The van der Waals surface area contributed by atoms with Crippen LogP contribution in [-0.4, -0.2) is 9.85 Å². The van der Waals surface area contributed by atoms with Crippen molar-refractivity contribution in [2.24, 2.45) is 0 Å². The molecule has 0 amide bonds. The minimum Gasteiger partial charge on any atom is -0.258 e. The molecule has 0 saturated heterocycles. The fraction of sp³-hybridized carbons (Fsp3) is 0.250. The number of hydrogen-bond acceptors (Lipinski definition) is 4. The number of rotatable bonds is 7. The zero-order chi connectivity index (χ0) is 27.8. The highest BCUT2D eigenvalue weighted by Gasteiger charge is 2.34. The molecule has 0 heterocycles. The summed E-state index contributed by atoms with van der Waals surface area (Å²) in [4.78, 5) is 23.9. The van der Waals surface area contributed by atoms with E-state index in [1.807, 2.05) is 100 Å². The van der Waals surface area contributed by atoms with E-state index >= 15 is 0 Å². The second-order valence-corrected chi connectivity index (χ2v) is 10.9. The Morgan fingerprint density at radius 3 is 1.13 bits per heavy atom. The molecule has 0 bridgehead atoms. The highest BCUT2D eigenvalue weighted by atomic mass is 16.6. The van der Waals surface area contributed by atoms with E-state index < -0.39 is 20.7 Å². The first kappa shape index (κ1) is 26.7.